The van der Waals surface area contributed by atoms with E-state index in [1.54, 1.807) is 5.19 Å². The van der Waals surface area contributed by atoms with Gasteiger partial charge in [0.15, 0.2) is 0 Å². The van der Waals surface area contributed by atoms with Crippen molar-refractivity contribution in [1.29, 1.82) is 0 Å². The summed E-state index contributed by atoms with van der Waals surface area (Å²) in [5, 5.41) is 3.05. The van der Waals surface area contributed by atoms with E-state index in [1.807, 2.05) is 0 Å². The Morgan fingerprint density at radius 3 is 2.20 bits per heavy atom. The second-order valence-electron chi connectivity index (χ2n) is 11.5. The molecule has 0 saturated carbocycles. The van der Waals surface area contributed by atoms with Gasteiger partial charge in [0.05, 0.1) is 15.2 Å². The number of benzene rings is 2. The highest BCUT2D eigenvalue weighted by molar-refractivity contribution is 7.57. The Morgan fingerprint density at radius 1 is 1.00 bits per heavy atom. The summed E-state index contributed by atoms with van der Waals surface area (Å²) in [7, 11) is -3.09. The van der Waals surface area contributed by atoms with Crippen LogP contribution in [0.3, 0.4) is 0 Å². The van der Waals surface area contributed by atoms with Crippen molar-refractivity contribution in [1.82, 2.24) is 0 Å². The molecule has 2 aromatic rings. The van der Waals surface area contributed by atoms with E-state index >= 15 is 0 Å². The van der Waals surface area contributed by atoms with Crippen LogP contribution < -0.4 is 16.1 Å². The third-order valence-corrected chi connectivity index (χ3v) is 25.8. The quantitative estimate of drug-likeness (QED) is 0.670. The lowest BCUT2D eigenvalue weighted by atomic mass is 9.81. The van der Waals surface area contributed by atoms with Crippen molar-refractivity contribution in [3.05, 3.63) is 51.6 Å². The molecular weight excluding hydrogens is 398 g/mol. The smallest absolute Gasteiger partial charge is 0.248 e. The van der Waals surface area contributed by atoms with Gasteiger partial charge in [0.1, 0.15) is 0 Å². The summed E-state index contributed by atoms with van der Waals surface area (Å²) in [6.45, 7) is 21.2. The highest BCUT2D eigenvalue weighted by atomic mass is 29.3. The normalized spacial score (nSPS) is 18.4. The summed E-state index contributed by atoms with van der Waals surface area (Å²) in [4.78, 5) is 12.4. The maximum absolute atomic E-state index is 12.4. The molecule has 30 heavy (non-hydrogen) atoms. The fourth-order valence-corrected chi connectivity index (χ4v) is 15.9. The second kappa shape index (κ2) is 6.30. The molecule has 0 saturated heterocycles. The first-order chi connectivity index (χ1) is 13.7. The number of carbonyl (C=O) groups excluding carboxylic acids is 1. The first-order valence-corrected chi connectivity index (χ1v) is 18.0. The summed E-state index contributed by atoms with van der Waals surface area (Å²) >= 11 is 0. The van der Waals surface area contributed by atoms with Crippen LogP contribution in [0.5, 0.6) is 0 Å². The van der Waals surface area contributed by atoms with E-state index in [4.69, 9.17) is 5.73 Å². The number of rotatable bonds is 2. The molecule has 1 aliphatic carbocycles. The van der Waals surface area contributed by atoms with Gasteiger partial charge in [-0.05, 0) is 59.1 Å². The zero-order chi connectivity index (χ0) is 22.4. The first kappa shape index (κ1) is 21.3. The van der Waals surface area contributed by atoms with Gasteiger partial charge in [-0.25, -0.2) is 0 Å². The number of fused-ring (bicyclic) bond motifs is 2. The largest absolute Gasteiger partial charge is 0.366 e. The summed E-state index contributed by atoms with van der Waals surface area (Å²) in [5.74, 6) is -0.300. The van der Waals surface area contributed by atoms with Crippen LogP contribution in [-0.4, -0.2) is 21.1 Å². The van der Waals surface area contributed by atoms with Gasteiger partial charge in [0.25, 0.3) is 0 Å². The van der Waals surface area contributed by atoms with E-state index in [-0.39, 0.29) is 11.3 Å². The average molecular weight is 434 g/mol. The number of carbonyl (C=O) groups is 1. The number of primary amides is 1. The standard InChI is InChI=1S/C26H35NOSi2/c1-15-10-17-12-18(26(3,4)5)13-21(20(17)11-15)23-16(2)19(25(27)28)14-22-24(23)30(8,9)29(22,6)7/h10,12-14H,11H2,1-9H3,(H2,27,28). The third-order valence-electron chi connectivity index (χ3n) is 7.99. The van der Waals surface area contributed by atoms with Crippen molar-refractivity contribution in [2.75, 3.05) is 0 Å². The van der Waals surface area contributed by atoms with Crippen LogP contribution in [0.25, 0.3) is 17.2 Å². The molecule has 0 unspecified atom stereocenters. The minimum Gasteiger partial charge on any atom is -0.366 e. The summed E-state index contributed by atoms with van der Waals surface area (Å²) < 4.78 is 0. The molecule has 2 aliphatic rings. The predicted molar refractivity (Wildman–Crippen MR) is 135 cm³/mol. The van der Waals surface area contributed by atoms with Crippen molar-refractivity contribution < 1.29 is 4.79 Å². The Bertz CT molecular complexity index is 1150. The van der Waals surface area contributed by atoms with E-state index in [1.165, 1.54) is 38.6 Å². The van der Waals surface area contributed by atoms with Crippen molar-refractivity contribution in [2.24, 2.45) is 5.73 Å². The Labute approximate surface area is 183 Å². The minimum atomic E-state index is -1.56. The van der Waals surface area contributed by atoms with Crippen LogP contribution in [0.15, 0.2) is 23.8 Å². The molecule has 1 aliphatic heterocycles. The third kappa shape index (κ3) is 2.76. The van der Waals surface area contributed by atoms with Gasteiger partial charge in [-0.2, -0.15) is 0 Å². The number of allylic oxidation sites excluding steroid dienone is 1. The van der Waals surface area contributed by atoms with Crippen LogP contribution in [0, 0.1) is 6.92 Å². The highest BCUT2D eigenvalue weighted by Crippen LogP contribution is 2.42. The Morgan fingerprint density at radius 2 is 1.63 bits per heavy atom. The molecule has 4 heteroatoms. The molecule has 0 fully saturated rings. The van der Waals surface area contributed by atoms with Gasteiger partial charge in [-0.1, -0.05) is 87.2 Å². The topological polar surface area (TPSA) is 43.1 Å². The van der Waals surface area contributed by atoms with Crippen molar-refractivity contribution in [3.8, 4) is 11.1 Å². The van der Waals surface area contributed by atoms with Crippen LogP contribution in [0.1, 0.15) is 60.3 Å². The van der Waals surface area contributed by atoms with Crippen molar-refractivity contribution in [2.45, 2.75) is 72.6 Å². The molecule has 2 aromatic carbocycles. The lowest BCUT2D eigenvalue weighted by Gasteiger charge is -2.53. The zero-order valence-electron chi connectivity index (χ0n) is 20.0. The molecular formula is C26H35NOSi2. The highest BCUT2D eigenvalue weighted by Gasteiger charge is 2.56. The molecule has 1 amide bonds. The van der Waals surface area contributed by atoms with E-state index in [2.05, 4.69) is 85.1 Å². The number of hydrogen-bond donors (Lipinski definition) is 1. The Balaban J connectivity index is 2.14. The minimum absolute atomic E-state index is 0.0669. The molecule has 4 rings (SSSR count). The molecule has 0 atom stereocenters. The summed E-state index contributed by atoms with van der Waals surface area (Å²) in [6, 6.07) is 6.94. The maximum Gasteiger partial charge on any atom is 0.248 e. The van der Waals surface area contributed by atoms with Crippen molar-refractivity contribution in [3.63, 3.8) is 0 Å². The number of hydrogen-bond acceptors (Lipinski definition) is 1. The predicted octanol–water partition coefficient (Wildman–Crippen LogP) is 4.94. The number of amides is 1. The van der Waals surface area contributed by atoms with Crippen LogP contribution in [-0.2, 0) is 11.8 Å². The lowest BCUT2D eigenvalue weighted by Crippen LogP contribution is -2.85. The monoisotopic (exact) mass is 433 g/mol. The van der Waals surface area contributed by atoms with Gasteiger partial charge >= 0.3 is 0 Å². The van der Waals surface area contributed by atoms with Gasteiger partial charge in [0.2, 0.25) is 5.91 Å². The zero-order valence-corrected chi connectivity index (χ0v) is 22.0. The summed E-state index contributed by atoms with van der Waals surface area (Å²) in [6.07, 6.45) is 3.34. The molecule has 0 bridgehead atoms. The Hall–Kier alpha value is -1.92. The molecule has 0 aromatic heterocycles. The second-order valence-corrected chi connectivity index (χ2v) is 26.5. The molecule has 0 spiro atoms. The van der Waals surface area contributed by atoms with Gasteiger partial charge in [0, 0.05) is 5.56 Å². The van der Waals surface area contributed by atoms with Crippen LogP contribution in [0.2, 0.25) is 26.2 Å². The van der Waals surface area contributed by atoms with E-state index in [9.17, 15) is 4.79 Å². The van der Waals surface area contributed by atoms with Crippen LogP contribution in [0.4, 0.5) is 0 Å². The lowest BCUT2D eigenvalue weighted by molar-refractivity contribution is 0.1000. The van der Waals surface area contributed by atoms with E-state index < -0.39 is 15.2 Å². The Kier molecular flexibility index (Phi) is 4.48. The maximum atomic E-state index is 12.4. The molecule has 1 heterocycles. The number of nitrogens with two attached hydrogens (primary N) is 1. The van der Waals surface area contributed by atoms with Gasteiger partial charge < -0.3 is 5.73 Å². The molecule has 0 radical (unpaired) electrons. The molecule has 158 valence electrons. The van der Waals surface area contributed by atoms with Gasteiger partial charge in [-0.15, -0.1) is 0 Å². The fourth-order valence-electron chi connectivity index (χ4n) is 5.37. The van der Waals surface area contributed by atoms with Gasteiger partial charge in [-0.3, -0.25) is 4.79 Å². The van der Waals surface area contributed by atoms with E-state index in [0.29, 0.717) is 5.56 Å². The van der Waals surface area contributed by atoms with E-state index in [0.717, 1.165) is 12.0 Å². The first-order valence-electron chi connectivity index (χ1n) is 11.0. The average Bonchev–Trinajstić information content (AvgIpc) is 2.99. The van der Waals surface area contributed by atoms with Crippen LogP contribution >= 0.6 is 0 Å². The molecule has 2 nitrogen and oxygen atoms in total. The summed E-state index contributed by atoms with van der Waals surface area (Å²) in [5.41, 5.74) is 15.9. The molecule has 2 N–H and O–H groups in total. The van der Waals surface area contributed by atoms with Crippen molar-refractivity contribution >= 4 is 37.5 Å². The SMILES string of the molecule is CC1=Cc2cc(C(C)(C)C)cc(-c3c(C)c(C(N)=O)cc4c3[Si](C)(C)[Si]4(C)C)c2C1. The fraction of sp³-hybridized carbons (Fsp3) is 0.423.